The van der Waals surface area contributed by atoms with Crippen LogP contribution in [0.25, 0.3) is 11.0 Å². The van der Waals surface area contributed by atoms with E-state index in [4.69, 9.17) is 0 Å². The van der Waals surface area contributed by atoms with Crippen LogP contribution in [-0.4, -0.2) is 16.3 Å². The van der Waals surface area contributed by atoms with Gasteiger partial charge in [0.1, 0.15) is 17.5 Å². The van der Waals surface area contributed by atoms with Crippen molar-refractivity contribution < 1.29 is 4.79 Å². The van der Waals surface area contributed by atoms with Crippen molar-refractivity contribution in [1.82, 2.24) is 9.97 Å². The molecule has 1 heterocycles. The number of fused-ring (bicyclic) bond motifs is 1. The van der Waals surface area contributed by atoms with Gasteiger partial charge in [-0.25, -0.2) is 4.98 Å². The van der Waals surface area contributed by atoms with Crippen LogP contribution in [0.4, 0.5) is 11.4 Å². The Hall–Kier alpha value is -2.95. The molecule has 5 heteroatoms. The number of benzene rings is 2. The van der Waals surface area contributed by atoms with Crippen molar-refractivity contribution in [3.63, 3.8) is 0 Å². The fourth-order valence-electron chi connectivity index (χ4n) is 2.14. The molecule has 0 saturated carbocycles. The number of para-hydroxylation sites is 1. The second-order valence-electron chi connectivity index (χ2n) is 4.72. The smallest absolute Gasteiger partial charge is 0.269 e. The largest absolute Gasteiger partial charge is 0.354 e. The summed E-state index contributed by atoms with van der Waals surface area (Å²) >= 11 is 0. The van der Waals surface area contributed by atoms with E-state index in [0.29, 0.717) is 28.0 Å². The minimum atomic E-state index is -0.254. The number of anilines is 2. The molecule has 0 aliphatic heterocycles. The summed E-state index contributed by atoms with van der Waals surface area (Å²) in [5.41, 5.74) is 3.33. The highest BCUT2D eigenvalue weighted by molar-refractivity contribution is 5.95. The number of aromatic amines is 1. The molecule has 0 aliphatic carbocycles. The third-order valence-corrected chi connectivity index (χ3v) is 3.18. The van der Waals surface area contributed by atoms with E-state index in [1.54, 1.807) is 19.1 Å². The van der Waals surface area contributed by atoms with Gasteiger partial charge < -0.3 is 10.3 Å². The number of H-pyrrole nitrogens is 1. The number of aryl methyl sites for hydroxylation is 1. The molecule has 0 aliphatic rings. The van der Waals surface area contributed by atoms with Gasteiger partial charge in [0, 0.05) is 11.3 Å². The van der Waals surface area contributed by atoms with Crippen LogP contribution in [-0.2, 0) is 0 Å². The standard InChI is InChI=1S/C16H13N3O2/c1-10-16(21)19-14-8-11(9-20)7-13(15(14)17-10)18-12-5-3-2-4-6-12/h2-9,18H,1H3,(H,19,21). The molecule has 2 N–H and O–H groups in total. The van der Waals surface area contributed by atoms with Crippen molar-refractivity contribution in [2.45, 2.75) is 6.92 Å². The number of hydrogen-bond donors (Lipinski definition) is 2. The predicted octanol–water partition coefficient (Wildman–Crippen LogP) is 2.79. The van der Waals surface area contributed by atoms with Crippen LogP contribution in [0.3, 0.4) is 0 Å². The molecule has 0 fully saturated rings. The SMILES string of the molecule is Cc1nc2c(Nc3ccccc3)cc(C=O)cc2[nH]c1=O. The van der Waals surface area contributed by atoms with E-state index in [2.05, 4.69) is 15.3 Å². The monoisotopic (exact) mass is 279 g/mol. The molecule has 0 radical (unpaired) electrons. The summed E-state index contributed by atoms with van der Waals surface area (Å²) in [6.07, 6.45) is 0.744. The van der Waals surface area contributed by atoms with Crippen LogP contribution in [0, 0.1) is 6.92 Å². The van der Waals surface area contributed by atoms with Gasteiger partial charge in [-0.05, 0) is 31.2 Å². The summed E-state index contributed by atoms with van der Waals surface area (Å²) in [5.74, 6) is 0. The van der Waals surface area contributed by atoms with Crippen LogP contribution in [0.1, 0.15) is 16.1 Å². The molecule has 0 amide bonds. The molecular weight excluding hydrogens is 266 g/mol. The average molecular weight is 279 g/mol. The van der Waals surface area contributed by atoms with Crippen molar-refractivity contribution in [3.05, 3.63) is 64.1 Å². The van der Waals surface area contributed by atoms with Crippen molar-refractivity contribution >= 4 is 28.7 Å². The first-order chi connectivity index (χ1) is 10.2. The van der Waals surface area contributed by atoms with Gasteiger partial charge in [-0.3, -0.25) is 9.59 Å². The molecule has 2 aromatic carbocycles. The molecule has 0 unspecified atom stereocenters. The van der Waals surface area contributed by atoms with Gasteiger partial charge in [-0.2, -0.15) is 0 Å². The van der Waals surface area contributed by atoms with Crippen LogP contribution >= 0.6 is 0 Å². The molecule has 1 aromatic heterocycles. The van der Waals surface area contributed by atoms with Gasteiger partial charge in [-0.15, -0.1) is 0 Å². The lowest BCUT2D eigenvalue weighted by Crippen LogP contribution is -2.12. The molecule has 0 atom stereocenters. The van der Waals surface area contributed by atoms with E-state index < -0.39 is 0 Å². The fourth-order valence-corrected chi connectivity index (χ4v) is 2.14. The van der Waals surface area contributed by atoms with Gasteiger partial charge in [-0.1, -0.05) is 18.2 Å². The van der Waals surface area contributed by atoms with Crippen molar-refractivity contribution in [3.8, 4) is 0 Å². The number of aldehydes is 1. The number of carbonyl (C=O) groups is 1. The zero-order valence-corrected chi connectivity index (χ0v) is 11.4. The van der Waals surface area contributed by atoms with Crippen LogP contribution in [0.5, 0.6) is 0 Å². The summed E-state index contributed by atoms with van der Waals surface area (Å²) in [5, 5.41) is 3.22. The quantitative estimate of drug-likeness (QED) is 0.723. The molecule has 21 heavy (non-hydrogen) atoms. The lowest BCUT2D eigenvalue weighted by Gasteiger charge is -2.10. The van der Waals surface area contributed by atoms with Crippen LogP contribution in [0.2, 0.25) is 0 Å². The van der Waals surface area contributed by atoms with Crippen LogP contribution in [0.15, 0.2) is 47.3 Å². The Balaban J connectivity index is 2.22. The van der Waals surface area contributed by atoms with Gasteiger partial charge in [0.05, 0.1) is 11.2 Å². The lowest BCUT2D eigenvalue weighted by atomic mass is 10.1. The summed E-state index contributed by atoms with van der Waals surface area (Å²) in [4.78, 5) is 29.8. The minimum Gasteiger partial charge on any atom is -0.354 e. The van der Waals surface area contributed by atoms with Gasteiger partial charge in [0.2, 0.25) is 0 Å². The van der Waals surface area contributed by atoms with Crippen molar-refractivity contribution in [1.29, 1.82) is 0 Å². The van der Waals surface area contributed by atoms with Crippen LogP contribution < -0.4 is 10.9 Å². The van der Waals surface area contributed by atoms with E-state index in [9.17, 15) is 9.59 Å². The first-order valence-corrected chi connectivity index (χ1v) is 6.49. The molecule has 0 saturated heterocycles. The Morgan fingerprint density at radius 3 is 2.67 bits per heavy atom. The predicted molar refractivity (Wildman–Crippen MR) is 82.2 cm³/mol. The van der Waals surface area contributed by atoms with E-state index in [0.717, 1.165) is 12.0 Å². The molecule has 0 spiro atoms. The highest BCUT2D eigenvalue weighted by atomic mass is 16.1. The number of nitrogens with zero attached hydrogens (tertiary/aromatic N) is 1. The Labute approximate surface area is 120 Å². The highest BCUT2D eigenvalue weighted by Crippen LogP contribution is 2.25. The molecule has 3 rings (SSSR count). The fraction of sp³-hybridized carbons (Fsp3) is 0.0625. The second kappa shape index (κ2) is 5.20. The zero-order chi connectivity index (χ0) is 14.8. The number of aromatic nitrogens is 2. The minimum absolute atomic E-state index is 0.254. The maximum absolute atomic E-state index is 11.7. The Bertz CT molecular complexity index is 870. The zero-order valence-electron chi connectivity index (χ0n) is 11.4. The summed E-state index contributed by atoms with van der Waals surface area (Å²) in [6.45, 7) is 1.65. The van der Waals surface area contributed by atoms with E-state index in [1.807, 2.05) is 30.3 Å². The van der Waals surface area contributed by atoms with E-state index in [1.165, 1.54) is 0 Å². The summed E-state index contributed by atoms with van der Waals surface area (Å²) in [7, 11) is 0. The first kappa shape index (κ1) is 13.1. The summed E-state index contributed by atoms with van der Waals surface area (Å²) < 4.78 is 0. The molecule has 104 valence electrons. The molecular formula is C16H13N3O2. The molecule has 5 nitrogen and oxygen atoms in total. The Morgan fingerprint density at radius 2 is 1.95 bits per heavy atom. The lowest BCUT2D eigenvalue weighted by molar-refractivity contribution is 0.112. The third kappa shape index (κ3) is 2.53. The first-order valence-electron chi connectivity index (χ1n) is 6.49. The Kier molecular flexibility index (Phi) is 3.23. The third-order valence-electron chi connectivity index (χ3n) is 3.18. The summed E-state index contributed by atoms with van der Waals surface area (Å²) in [6, 6.07) is 12.9. The maximum atomic E-state index is 11.7. The number of nitrogens with one attached hydrogen (secondary N) is 2. The van der Waals surface area contributed by atoms with Crippen molar-refractivity contribution in [2.75, 3.05) is 5.32 Å². The van der Waals surface area contributed by atoms with E-state index in [-0.39, 0.29) is 5.56 Å². The number of carbonyl (C=O) groups excluding carboxylic acids is 1. The second-order valence-corrected chi connectivity index (χ2v) is 4.72. The van der Waals surface area contributed by atoms with Gasteiger partial charge in [0.15, 0.2) is 0 Å². The molecule has 0 bridgehead atoms. The Morgan fingerprint density at radius 1 is 1.19 bits per heavy atom. The highest BCUT2D eigenvalue weighted by Gasteiger charge is 2.08. The van der Waals surface area contributed by atoms with Gasteiger partial charge >= 0.3 is 0 Å². The van der Waals surface area contributed by atoms with E-state index >= 15 is 0 Å². The average Bonchev–Trinajstić information content (AvgIpc) is 2.50. The number of hydrogen-bond acceptors (Lipinski definition) is 4. The van der Waals surface area contributed by atoms with Crippen molar-refractivity contribution in [2.24, 2.45) is 0 Å². The topological polar surface area (TPSA) is 74.8 Å². The maximum Gasteiger partial charge on any atom is 0.269 e. The normalized spacial score (nSPS) is 10.5. The van der Waals surface area contributed by atoms with Gasteiger partial charge in [0.25, 0.3) is 5.56 Å². The number of rotatable bonds is 3. The molecule has 3 aromatic rings.